The van der Waals surface area contributed by atoms with E-state index in [1.165, 1.54) is 0 Å². The third kappa shape index (κ3) is 3.18. The fourth-order valence-corrected chi connectivity index (χ4v) is 0.965. The van der Waals surface area contributed by atoms with Crippen molar-refractivity contribution in [3.8, 4) is 0 Å². The summed E-state index contributed by atoms with van der Waals surface area (Å²) >= 11 is 0. The lowest BCUT2D eigenvalue weighted by atomic mass is 9.82. The first kappa shape index (κ1) is 10.9. The highest BCUT2D eigenvalue weighted by Crippen LogP contribution is 2.24. The van der Waals surface area contributed by atoms with E-state index in [9.17, 15) is 5.11 Å². The molecule has 0 aliphatic carbocycles. The topological polar surface area (TPSA) is 60.7 Å². The molecule has 11 heavy (non-hydrogen) atoms. The van der Waals surface area contributed by atoms with Gasteiger partial charge in [0.15, 0.2) is 0 Å². The van der Waals surface area contributed by atoms with Crippen LogP contribution in [0.5, 0.6) is 0 Å². The lowest BCUT2D eigenvalue weighted by Gasteiger charge is -2.30. The van der Waals surface area contributed by atoms with E-state index >= 15 is 0 Å². The lowest BCUT2D eigenvalue weighted by molar-refractivity contribution is -0.0309. The molecule has 0 aromatic carbocycles. The molecule has 0 rings (SSSR count). The van der Waals surface area contributed by atoms with E-state index in [0.29, 0.717) is 0 Å². The molecule has 0 saturated carbocycles. The Balaban J connectivity index is 4.09. The van der Waals surface area contributed by atoms with E-state index in [0.717, 1.165) is 0 Å². The molecule has 0 aromatic heterocycles. The van der Waals surface area contributed by atoms with Crippen LogP contribution in [0.25, 0.3) is 0 Å². The zero-order chi connectivity index (χ0) is 9.07. The molecule has 0 aliphatic heterocycles. The maximum absolute atomic E-state index is 9.53. The Kier molecular flexibility index (Phi) is 4.00. The predicted molar refractivity (Wildman–Crippen MR) is 43.1 cm³/mol. The molecule has 0 heterocycles. The summed E-state index contributed by atoms with van der Waals surface area (Å²) in [7, 11) is 0. The first-order valence-electron chi connectivity index (χ1n) is 3.83. The normalized spacial score (nSPS) is 15.5. The van der Waals surface area contributed by atoms with Crippen LogP contribution < -0.4 is 0 Å². The van der Waals surface area contributed by atoms with Crippen LogP contribution in [-0.4, -0.2) is 34.6 Å². The van der Waals surface area contributed by atoms with Crippen LogP contribution in [0.1, 0.15) is 20.8 Å². The third-order valence-corrected chi connectivity index (χ3v) is 1.80. The molecule has 0 bridgehead atoms. The van der Waals surface area contributed by atoms with E-state index < -0.39 is 12.0 Å². The van der Waals surface area contributed by atoms with Crippen LogP contribution in [0.15, 0.2) is 0 Å². The molecule has 0 amide bonds. The van der Waals surface area contributed by atoms with Crippen LogP contribution >= 0.6 is 0 Å². The van der Waals surface area contributed by atoms with Crippen LogP contribution in [0.2, 0.25) is 0 Å². The molecule has 3 heteroatoms. The summed E-state index contributed by atoms with van der Waals surface area (Å²) in [5.74, 6) is -0.421. The standard InChI is InChI=1S/C8H18O3/c1-8(2,3)7(11)6(4-9)5-10/h6-7,9-11H,4-5H2,1-3H3. The number of rotatable bonds is 3. The van der Waals surface area contributed by atoms with E-state index in [2.05, 4.69) is 0 Å². The first-order valence-corrected chi connectivity index (χ1v) is 3.83. The van der Waals surface area contributed by atoms with Crippen molar-refractivity contribution in [1.29, 1.82) is 0 Å². The largest absolute Gasteiger partial charge is 0.396 e. The summed E-state index contributed by atoms with van der Waals surface area (Å²) in [5, 5.41) is 27.0. The molecule has 0 aromatic rings. The van der Waals surface area contributed by atoms with E-state index in [1.54, 1.807) is 0 Å². The summed E-state index contributed by atoms with van der Waals surface area (Å²) in [6.45, 7) is 5.27. The van der Waals surface area contributed by atoms with Crippen molar-refractivity contribution in [1.82, 2.24) is 0 Å². The smallest absolute Gasteiger partial charge is 0.0660 e. The second-order valence-electron chi connectivity index (χ2n) is 3.94. The van der Waals surface area contributed by atoms with Gasteiger partial charge in [-0.2, -0.15) is 0 Å². The molecule has 68 valence electrons. The highest BCUT2D eigenvalue weighted by Gasteiger charge is 2.29. The SMILES string of the molecule is CC(C)(C)C(O)C(CO)CO. The Labute approximate surface area is 67.7 Å². The number of hydrogen-bond acceptors (Lipinski definition) is 3. The van der Waals surface area contributed by atoms with Gasteiger partial charge in [0.1, 0.15) is 0 Å². The van der Waals surface area contributed by atoms with Crippen molar-refractivity contribution in [3.05, 3.63) is 0 Å². The van der Waals surface area contributed by atoms with Crippen molar-refractivity contribution in [2.45, 2.75) is 26.9 Å². The molecular formula is C8H18O3. The molecule has 3 N–H and O–H groups in total. The van der Waals surface area contributed by atoms with Gasteiger partial charge in [-0.3, -0.25) is 0 Å². The van der Waals surface area contributed by atoms with Gasteiger partial charge in [-0.15, -0.1) is 0 Å². The van der Waals surface area contributed by atoms with E-state index in [4.69, 9.17) is 10.2 Å². The summed E-state index contributed by atoms with van der Waals surface area (Å²) in [6.07, 6.45) is -0.655. The Morgan fingerprint density at radius 3 is 1.55 bits per heavy atom. The van der Waals surface area contributed by atoms with Crippen molar-refractivity contribution in [3.63, 3.8) is 0 Å². The van der Waals surface area contributed by atoms with E-state index in [-0.39, 0.29) is 18.6 Å². The first-order chi connectivity index (χ1) is 4.93. The Morgan fingerprint density at radius 2 is 1.45 bits per heavy atom. The van der Waals surface area contributed by atoms with Crippen LogP contribution in [0, 0.1) is 11.3 Å². The van der Waals surface area contributed by atoms with Crippen molar-refractivity contribution in [2.24, 2.45) is 11.3 Å². The highest BCUT2D eigenvalue weighted by atomic mass is 16.3. The zero-order valence-corrected chi connectivity index (χ0v) is 7.41. The summed E-state index contributed by atoms with van der Waals surface area (Å²) in [6, 6.07) is 0. The molecule has 1 unspecified atom stereocenters. The van der Waals surface area contributed by atoms with Crippen LogP contribution in [-0.2, 0) is 0 Å². The van der Waals surface area contributed by atoms with Crippen LogP contribution in [0.3, 0.4) is 0 Å². The molecular weight excluding hydrogens is 144 g/mol. The van der Waals surface area contributed by atoms with Crippen molar-refractivity contribution < 1.29 is 15.3 Å². The quantitative estimate of drug-likeness (QED) is 0.547. The average Bonchev–Trinajstić information content (AvgIpc) is 1.88. The second-order valence-corrected chi connectivity index (χ2v) is 3.94. The minimum absolute atomic E-state index is 0.172. The average molecular weight is 162 g/mol. The minimum Gasteiger partial charge on any atom is -0.396 e. The van der Waals surface area contributed by atoms with Gasteiger partial charge >= 0.3 is 0 Å². The molecule has 0 fully saturated rings. The second kappa shape index (κ2) is 4.04. The number of aliphatic hydroxyl groups is 3. The Hall–Kier alpha value is -0.120. The molecule has 1 atom stereocenters. The van der Waals surface area contributed by atoms with Gasteiger partial charge in [-0.05, 0) is 5.41 Å². The molecule has 0 aliphatic rings. The third-order valence-electron chi connectivity index (χ3n) is 1.80. The van der Waals surface area contributed by atoms with Gasteiger partial charge in [0.2, 0.25) is 0 Å². The van der Waals surface area contributed by atoms with Gasteiger partial charge in [0.05, 0.1) is 19.3 Å². The maximum atomic E-state index is 9.53. The molecule has 0 radical (unpaired) electrons. The summed E-state index contributed by atoms with van der Waals surface area (Å²) in [4.78, 5) is 0. The minimum atomic E-state index is -0.655. The van der Waals surface area contributed by atoms with Gasteiger partial charge in [-0.1, -0.05) is 20.8 Å². The molecule has 0 saturated heterocycles. The van der Waals surface area contributed by atoms with E-state index in [1.807, 2.05) is 20.8 Å². The summed E-state index contributed by atoms with van der Waals surface area (Å²) in [5.41, 5.74) is -0.282. The van der Waals surface area contributed by atoms with Crippen molar-refractivity contribution in [2.75, 3.05) is 13.2 Å². The molecule has 3 nitrogen and oxygen atoms in total. The molecule has 0 spiro atoms. The zero-order valence-electron chi connectivity index (χ0n) is 7.41. The number of hydrogen-bond donors (Lipinski definition) is 3. The lowest BCUT2D eigenvalue weighted by Crippen LogP contribution is -2.37. The predicted octanol–water partition coefficient (Wildman–Crippen LogP) is -0.00580. The Morgan fingerprint density at radius 1 is 1.09 bits per heavy atom. The number of aliphatic hydroxyl groups excluding tert-OH is 3. The fraction of sp³-hybridized carbons (Fsp3) is 1.00. The van der Waals surface area contributed by atoms with Gasteiger partial charge < -0.3 is 15.3 Å². The van der Waals surface area contributed by atoms with Crippen LogP contribution in [0.4, 0.5) is 0 Å². The maximum Gasteiger partial charge on any atom is 0.0660 e. The van der Waals surface area contributed by atoms with Gasteiger partial charge in [-0.25, -0.2) is 0 Å². The highest BCUT2D eigenvalue weighted by molar-refractivity contribution is 4.78. The monoisotopic (exact) mass is 162 g/mol. The summed E-state index contributed by atoms with van der Waals surface area (Å²) < 4.78 is 0. The van der Waals surface area contributed by atoms with Crippen molar-refractivity contribution >= 4 is 0 Å². The Bertz CT molecular complexity index is 102. The van der Waals surface area contributed by atoms with Gasteiger partial charge in [0, 0.05) is 5.92 Å². The van der Waals surface area contributed by atoms with Gasteiger partial charge in [0.25, 0.3) is 0 Å². The fourth-order valence-electron chi connectivity index (χ4n) is 0.965.